The Labute approximate surface area is 154 Å². The van der Waals surface area contributed by atoms with E-state index in [1.54, 1.807) is 42.3 Å². The van der Waals surface area contributed by atoms with Crippen LogP contribution in [0.2, 0.25) is 0 Å². The summed E-state index contributed by atoms with van der Waals surface area (Å²) in [5.41, 5.74) is 2.13. The average Bonchev–Trinajstić information content (AvgIpc) is 2.66. The van der Waals surface area contributed by atoms with Gasteiger partial charge in [0.05, 0.1) is 25.3 Å². The molecule has 0 atom stereocenters. The number of ether oxygens (including phenoxy) is 2. The number of methoxy groups -OCH3 is 1. The van der Waals surface area contributed by atoms with Crippen LogP contribution in [0.15, 0.2) is 42.5 Å². The van der Waals surface area contributed by atoms with Crippen LogP contribution < -0.4 is 9.47 Å². The van der Waals surface area contributed by atoms with E-state index in [0.717, 1.165) is 5.56 Å². The number of hydrogen-bond donors (Lipinski definition) is 0. The molecule has 0 aliphatic carbocycles. The lowest BCUT2D eigenvalue weighted by Crippen LogP contribution is -2.36. The van der Waals surface area contributed by atoms with E-state index in [1.165, 1.54) is 0 Å². The van der Waals surface area contributed by atoms with E-state index in [1.807, 2.05) is 32.9 Å². The number of benzene rings is 2. The third kappa shape index (κ3) is 4.54. The molecule has 0 heterocycles. The van der Waals surface area contributed by atoms with Gasteiger partial charge in [-0.05, 0) is 56.7 Å². The van der Waals surface area contributed by atoms with Crippen LogP contribution in [-0.2, 0) is 6.54 Å². The lowest BCUT2D eigenvalue weighted by molar-refractivity contribution is 0.0690. The fourth-order valence-corrected chi connectivity index (χ4v) is 2.61. The van der Waals surface area contributed by atoms with Gasteiger partial charge in [-0.3, -0.25) is 4.79 Å². The van der Waals surface area contributed by atoms with Crippen molar-refractivity contribution in [3.8, 4) is 17.6 Å². The second kappa shape index (κ2) is 8.91. The minimum absolute atomic E-state index is 0.0239. The van der Waals surface area contributed by atoms with Crippen molar-refractivity contribution >= 4 is 5.91 Å². The van der Waals surface area contributed by atoms with Crippen molar-refractivity contribution in [1.82, 2.24) is 4.90 Å². The zero-order valence-electron chi connectivity index (χ0n) is 15.7. The lowest BCUT2D eigenvalue weighted by atomic mass is 10.1. The van der Waals surface area contributed by atoms with Gasteiger partial charge in [-0.1, -0.05) is 12.1 Å². The van der Waals surface area contributed by atoms with E-state index in [0.29, 0.717) is 35.8 Å². The Bertz CT molecular complexity index is 792. The molecule has 0 aromatic heterocycles. The van der Waals surface area contributed by atoms with Crippen molar-refractivity contribution in [1.29, 1.82) is 5.26 Å². The Morgan fingerprint density at radius 3 is 2.38 bits per heavy atom. The predicted octanol–water partition coefficient (Wildman–Crippen LogP) is 4.02. The predicted molar refractivity (Wildman–Crippen MR) is 100 cm³/mol. The molecule has 0 saturated carbocycles. The number of hydrogen-bond acceptors (Lipinski definition) is 4. The van der Waals surface area contributed by atoms with Gasteiger partial charge in [0, 0.05) is 18.2 Å². The molecule has 2 aromatic rings. The quantitative estimate of drug-likeness (QED) is 0.755. The van der Waals surface area contributed by atoms with Crippen molar-refractivity contribution in [2.75, 3.05) is 13.7 Å². The van der Waals surface area contributed by atoms with E-state index in [4.69, 9.17) is 14.7 Å². The SMILES string of the molecule is CCOc1cc(C(=O)N(Cc2ccc(C#N)cc2)C(C)C)ccc1OC. The molecule has 0 aliphatic rings. The summed E-state index contributed by atoms with van der Waals surface area (Å²) in [5.74, 6) is 1.09. The third-order valence-corrected chi connectivity index (χ3v) is 4.03. The molecular formula is C21H24N2O3. The molecule has 0 saturated heterocycles. The lowest BCUT2D eigenvalue weighted by Gasteiger charge is -2.27. The molecule has 0 N–H and O–H groups in total. The molecule has 2 rings (SSSR count). The Morgan fingerprint density at radius 1 is 1.15 bits per heavy atom. The first-order valence-corrected chi connectivity index (χ1v) is 8.61. The topological polar surface area (TPSA) is 62.6 Å². The van der Waals surface area contributed by atoms with Crippen molar-refractivity contribution in [2.24, 2.45) is 0 Å². The first-order chi connectivity index (χ1) is 12.5. The minimum Gasteiger partial charge on any atom is -0.493 e. The van der Waals surface area contributed by atoms with Crippen molar-refractivity contribution in [2.45, 2.75) is 33.4 Å². The van der Waals surface area contributed by atoms with Gasteiger partial charge >= 0.3 is 0 Å². The normalized spacial score (nSPS) is 10.3. The van der Waals surface area contributed by atoms with E-state index in [9.17, 15) is 4.79 Å². The molecule has 0 fully saturated rings. The summed E-state index contributed by atoms with van der Waals surface area (Å²) in [5, 5.41) is 8.91. The van der Waals surface area contributed by atoms with Crippen LogP contribution in [0, 0.1) is 11.3 Å². The minimum atomic E-state index is -0.0760. The molecule has 0 spiro atoms. The van der Waals surface area contributed by atoms with E-state index in [2.05, 4.69) is 6.07 Å². The van der Waals surface area contributed by atoms with Gasteiger partial charge in [-0.15, -0.1) is 0 Å². The molecule has 2 aromatic carbocycles. The van der Waals surface area contributed by atoms with Gasteiger partial charge in [0.2, 0.25) is 0 Å². The molecule has 0 bridgehead atoms. The maximum Gasteiger partial charge on any atom is 0.254 e. The Balaban J connectivity index is 2.27. The number of amides is 1. The highest BCUT2D eigenvalue weighted by Gasteiger charge is 2.20. The number of carbonyl (C=O) groups excluding carboxylic acids is 1. The molecule has 5 nitrogen and oxygen atoms in total. The van der Waals surface area contributed by atoms with Crippen LogP contribution >= 0.6 is 0 Å². The van der Waals surface area contributed by atoms with Crippen LogP contribution in [0.25, 0.3) is 0 Å². The summed E-state index contributed by atoms with van der Waals surface area (Å²) in [6, 6.07) is 14.6. The van der Waals surface area contributed by atoms with Gasteiger partial charge in [0.25, 0.3) is 5.91 Å². The number of rotatable bonds is 7. The number of nitriles is 1. The summed E-state index contributed by atoms with van der Waals surface area (Å²) in [4.78, 5) is 14.8. The number of nitrogens with zero attached hydrogens (tertiary/aromatic N) is 2. The third-order valence-electron chi connectivity index (χ3n) is 4.03. The first kappa shape index (κ1) is 19.3. The first-order valence-electron chi connectivity index (χ1n) is 8.61. The second-order valence-electron chi connectivity index (χ2n) is 6.13. The molecule has 136 valence electrons. The van der Waals surface area contributed by atoms with Crippen molar-refractivity contribution in [3.63, 3.8) is 0 Å². The van der Waals surface area contributed by atoms with E-state index in [-0.39, 0.29) is 11.9 Å². The smallest absolute Gasteiger partial charge is 0.254 e. The Hall–Kier alpha value is -3.00. The highest BCUT2D eigenvalue weighted by atomic mass is 16.5. The van der Waals surface area contributed by atoms with E-state index >= 15 is 0 Å². The van der Waals surface area contributed by atoms with Gasteiger partial charge in [0.15, 0.2) is 11.5 Å². The van der Waals surface area contributed by atoms with Crippen LogP contribution in [0.1, 0.15) is 42.3 Å². The van der Waals surface area contributed by atoms with Gasteiger partial charge < -0.3 is 14.4 Å². The molecule has 5 heteroatoms. The Kier molecular flexibility index (Phi) is 6.62. The van der Waals surface area contributed by atoms with Crippen LogP contribution in [0.4, 0.5) is 0 Å². The van der Waals surface area contributed by atoms with Crippen molar-refractivity contribution < 1.29 is 14.3 Å². The maximum absolute atomic E-state index is 13.0. The Morgan fingerprint density at radius 2 is 1.85 bits per heavy atom. The summed E-state index contributed by atoms with van der Waals surface area (Å²) in [6.45, 7) is 6.81. The van der Waals surface area contributed by atoms with Gasteiger partial charge in [-0.25, -0.2) is 0 Å². The summed E-state index contributed by atoms with van der Waals surface area (Å²) in [6.07, 6.45) is 0. The number of carbonyl (C=O) groups is 1. The zero-order chi connectivity index (χ0) is 19.1. The van der Waals surface area contributed by atoms with Gasteiger partial charge in [-0.2, -0.15) is 5.26 Å². The monoisotopic (exact) mass is 352 g/mol. The zero-order valence-corrected chi connectivity index (χ0v) is 15.7. The van der Waals surface area contributed by atoms with Gasteiger partial charge in [0.1, 0.15) is 0 Å². The molecule has 0 aliphatic heterocycles. The molecule has 1 amide bonds. The van der Waals surface area contributed by atoms with E-state index < -0.39 is 0 Å². The van der Waals surface area contributed by atoms with Crippen molar-refractivity contribution in [3.05, 3.63) is 59.2 Å². The highest BCUT2D eigenvalue weighted by molar-refractivity contribution is 5.95. The largest absolute Gasteiger partial charge is 0.493 e. The van der Waals surface area contributed by atoms with Crippen LogP contribution in [0.5, 0.6) is 11.5 Å². The highest BCUT2D eigenvalue weighted by Crippen LogP contribution is 2.29. The second-order valence-corrected chi connectivity index (χ2v) is 6.13. The van der Waals surface area contributed by atoms with Crippen LogP contribution in [-0.4, -0.2) is 30.6 Å². The van der Waals surface area contributed by atoms with Crippen LogP contribution in [0.3, 0.4) is 0 Å². The molecule has 26 heavy (non-hydrogen) atoms. The average molecular weight is 352 g/mol. The summed E-state index contributed by atoms with van der Waals surface area (Å²) >= 11 is 0. The summed E-state index contributed by atoms with van der Waals surface area (Å²) in [7, 11) is 1.57. The maximum atomic E-state index is 13.0. The summed E-state index contributed by atoms with van der Waals surface area (Å²) < 4.78 is 10.9. The fourth-order valence-electron chi connectivity index (χ4n) is 2.61. The standard InChI is InChI=1S/C21H24N2O3/c1-5-26-20-12-18(10-11-19(20)25-4)21(24)23(15(2)3)14-17-8-6-16(13-22)7-9-17/h6-12,15H,5,14H2,1-4H3. The molecular weight excluding hydrogens is 328 g/mol. The fraction of sp³-hybridized carbons (Fsp3) is 0.333. The molecule has 0 unspecified atom stereocenters. The molecule has 0 radical (unpaired) electrons.